The predicted octanol–water partition coefficient (Wildman–Crippen LogP) is 2.37. The molecule has 3 heterocycles. The summed E-state index contributed by atoms with van der Waals surface area (Å²) in [5, 5.41) is 3.00. The lowest BCUT2D eigenvalue weighted by molar-refractivity contribution is 0.105. The van der Waals surface area contributed by atoms with E-state index in [4.69, 9.17) is 9.47 Å². The molecule has 2 aliphatic heterocycles. The molecule has 2 saturated heterocycles. The van der Waals surface area contributed by atoms with E-state index in [2.05, 4.69) is 10.3 Å². The van der Waals surface area contributed by atoms with Gasteiger partial charge in [0.1, 0.15) is 0 Å². The van der Waals surface area contributed by atoms with E-state index in [1.54, 1.807) is 6.20 Å². The van der Waals surface area contributed by atoms with Crippen molar-refractivity contribution < 1.29 is 14.3 Å². The highest BCUT2D eigenvalue weighted by atomic mass is 16.5. The molecule has 1 aromatic rings. The van der Waals surface area contributed by atoms with Gasteiger partial charge in [-0.3, -0.25) is 0 Å². The predicted molar refractivity (Wildman–Crippen MR) is 91.1 cm³/mol. The lowest BCUT2D eigenvalue weighted by atomic mass is 9.98. The van der Waals surface area contributed by atoms with Gasteiger partial charge in [-0.2, -0.15) is 0 Å². The van der Waals surface area contributed by atoms with Gasteiger partial charge in [0.15, 0.2) is 0 Å². The molecule has 6 nitrogen and oxygen atoms in total. The molecule has 24 heavy (non-hydrogen) atoms. The first kappa shape index (κ1) is 17.0. The van der Waals surface area contributed by atoms with E-state index < -0.39 is 0 Å². The lowest BCUT2D eigenvalue weighted by Crippen LogP contribution is -2.46. The molecule has 6 heteroatoms. The van der Waals surface area contributed by atoms with Gasteiger partial charge in [0.25, 0.3) is 0 Å². The number of nitrogens with one attached hydrogen (secondary N) is 1. The maximum atomic E-state index is 12.2. The van der Waals surface area contributed by atoms with Crippen LogP contribution in [0.1, 0.15) is 31.2 Å². The van der Waals surface area contributed by atoms with E-state index in [1.807, 2.05) is 24.0 Å². The van der Waals surface area contributed by atoms with Crippen LogP contribution in [-0.2, 0) is 4.74 Å². The number of amides is 2. The van der Waals surface area contributed by atoms with Crippen LogP contribution in [0.15, 0.2) is 18.3 Å². The van der Waals surface area contributed by atoms with Crippen molar-refractivity contribution in [2.24, 2.45) is 5.92 Å². The average Bonchev–Trinajstić information content (AvgIpc) is 3.13. The Balaban J connectivity index is 1.36. The number of piperidine rings is 1. The highest BCUT2D eigenvalue weighted by Crippen LogP contribution is 2.20. The van der Waals surface area contributed by atoms with Crippen LogP contribution in [0, 0.1) is 12.8 Å². The van der Waals surface area contributed by atoms with Crippen molar-refractivity contribution in [1.29, 1.82) is 0 Å². The summed E-state index contributed by atoms with van der Waals surface area (Å²) < 4.78 is 11.4. The van der Waals surface area contributed by atoms with Gasteiger partial charge < -0.3 is 19.7 Å². The maximum Gasteiger partial charge on any atom is 0.317 e. The number of pyridine rings is 1. The third kappa shape index (κ3) is 4.60. The summed E-state index contributed by atoms with van der Waals surface area (Å²) in [4.78, 5) is 18.4. The number of hydrogen-bond acceptors (Lipinski definition) is 4. The van der Waals surface area contributed by atoms with E-state index in [9.17, 15) is 4.79 Å². The van der Waals surface area contributed by atoms with Gasteiger partial charge in [0.2, 0.25) is 5.88 Å². The number of carbonyl (C=O) groups excluding carboxylic acids is 1. The van der Waals surface area contributed by atoms with Gasteiger partial charge in [0.05, 0.1) is 12.7 Å². The molecular weight excluding hydrogens is 306 g/mol. The Bertz CT molecular complexity index is 538. The molecule has 2 fully saturated rings. The van der Waals surface area contributed by atoms with E-state index >= 15 is 0 Å². The number of hydrogen-bond donors (Lipinski definition) is 1. The van der Waals surface area contributed by atoms with E-state index in [0.29, 0.717) is 24.9 Å². The summed E-state index contributed by atoms with van der Waals surface area (Å²) >= 11 is 0. The van der Waals surface area contributed by atoms with Crippen molar-refractivity contribution in [3.63, 3.8) is 0 Å². The highest BCUT2D eigenvalue weighted by Gasteiger charge is 2.24. The summed E-state index contributed by atoms with van der Waals surface area (Å²) in [6, 6.07) is 3.95. The second kappa shape index (κ2) is 8.33. The Labute approximate surface area is 143 Å². The first-order chi connectivity index (χ1) is 11.7. The van der Waals surface area contributed by atoms with Crippen LogP contribution in [0.5, 0.6) is 5.88 Å². The minimum atomic E-state index is 0.0328. The third-order valence-electron chi connectivity index (χ3n) is 4.82. The topological polar surface area (TPSA) is 63.7 Å². The fourth-order valence-corrected chi connectivity index (χ4v) is 3.24. The number of ether oxygens (including phenoxy) is 2. The van der Waals surface area contributed by atoms with Crippen LogP contribution in [0.4, 0.5) is 4.79 Å². The molecule has 0 saturated carbocycles. The van der Waals surface area contributed by atoms with Gasteiger partial charge in [-0.15, -0.1) is 0 Å². The summed E-state index contributed by atoms with van der Waals surface area (Å²) in [5.41, 5.74) is 1.06. The molecule has 0 aromatic carbocycles. The fourth-order valence-electron chi connectivity index (χ4n) is 3.24. The number of likely N-dealkylation sites (tertiary alicyclic amines) is 1. The van der Waals surface area contributed by atoms with Crippen LogP contribution in [0.3, 0.4) is 0 Å². The van der Waals surface area contributed by atoms with Gasteiger partial charge in [-0.1, -0.05) is 6.07 Å². The third-order valence-corrected chi connectivity index (χ3v) is 4.82. The van der Waals surface area contributed by atoms with Crippen LogP contribution in [0.2, 0.25) is 0 Å². The van der Waals surface area contributed by atoms with Crippen molar-refractivity contribution in [1.82, 2.24) is 15.2 Å². The van der Waals surface area contributed by atoms with Crippen molar-refractivity contribution >= 4 is 6.03 Å². The molecule has 0 spiro atoms. The molecule has 2 aliphatic rings. The number of urea groups is 1. The smallest absolute Gasteiger partial charge is 0.317 e. The van der Waals surface area contributed by atoms with E-state index in [0.717, 1.165) is 50.9 Å². The minimum Gasteiger partial charge on any atom is -0.477 e. The zero-order valence-corrected chi connectivity index (χ0v) is 14.4. The van der Waals surface area contributed by atoms with Gasteiger partial charge in [0, 0.05) is 38.0 Å². The molecule has 0 radical (unpaired) electrons. The fraction of sp³-hybridized carbons (Fsp3) is 0.667. The van der Waals surface area contributed by atoms with Crippen molar-refractivity contribution in [3.8, 4) is 5.88 Å². The Hall–Kier alpha value is -1.82. The number of aryl methyl sites for hydroxylation is 1. The second-order valence-electron chi connectivity index (χ2n) is 6.69. The molecule has 1 atom stereocenters. The molecule has 132 valence electrons. The molecule has 2 amide bonds. The Morgan fingerprint density at radius 3 is 2.96 bits per heavy atom. The SMILES string of the molecule is Cc1cccnc1OCC1CCN(C(=O)NCC2CCCO2)CC1. The number of nitrogens with zero attached hydrogens (tertiary/aromatic N) is 2. The zero-order chi connectivity index (χ0) is 16.8. The first-order valence-corrected chi connectivity index (χ1v) is 8.91. The van der Waals surface area contributed by atoms with Crippen LogP contribution < -0.4 is 10.1 Å². The molecular formula is C18H27N3O3. The summed E-state index contributed by atoms with van der Waals surface area (Å²) in [6.45, 7) is 5.69. The molecule has 0 aliphatic carbocycles. The molecule has 1 unspecified atom stereocenters. The zero-order valence-electron chi connectivity index (χ0n) is 14.4. The number of rotatable bonds is 5. The number of aromatic nitrogens is 1. The largest absolute Gasteiger partial charge is 0.477 e. The van der Waals surface area contributed by atoms with E-state index in [1.165, 1.54) is 0 Å². The van der Waals surface area contributed by atoms with Gasteiger partial charge >= 0.3 is 6.03 Å². The summed E-state index contributed by atoms with van der Waals surface area (Å²) in [5.74, 6) is 1.20. The summed E-state index contributed by atoms with van der Waals surface area (Å²) in [7, 11) is 0. The van der Waals surface area contributed by atoms with Crippen LogP contribution >= 0.6 is 0 Å². The lowest BCUT2D eigenvalue weighted by Gasteiger charge is -2.32. The van der Waals surface area contributed by atoms with Gasteiger partial charge in [-0.25, -0.2) is 9.78 Å². The Kier molecular flexibility index (Phi) is 5.91. The quantitative estimate of drug-likeness (QED) is 0.898. The number of carbonyl (C=O) groups is 1. The van der Waals surface area contributed by atoms with Crippen molar-refractivity contribution in [2.45, 2.75) is 38.7 Å². The highest BCUT2D eigenvalue weighted by molar-refractivity contribution is 5.74. The molecule has 0 bridgehead atoms. The van der Waals surface area contributed by atoms with Gasteiger partial charge in [-0.05, 0) is 44.6 Å². The van der Waals surface area contributed by atoms with Crippen molar-refractivity contribution in [3.05, 3.63) is 23.9 Å². The Morgan fingerprint density at radius 2 is 2.25 bits per heavy atom. The standard InChI is InChI=1S/C18H27N3O3/c1-14-4-2-8-19-17(14)24-13-15-6-9-21(10-7-15)18(22)20-12-16-5-3-11-23-16/h2,4,8,15-16H,3,5-7,9-13H2,1H3,(H,20,22). The molecule has 1 N–H and O–H groups in total. The van der Waals surface area contributed by atoms with Crippen LogP contribution in [-0.4, -0.2) is 54.9 Å². The molecule has 3 rings (SSSR count). The average molecular weight is 333 g/mol. The monoisotopic (exact) mass is 333 g/mol. The minimum absolute atomic E-state index is 0.0328. The second-order valence-corrected chi connectivity index (χ2v) is 6.69. The summed E-state index contributed by atoms with van der Waals surface area (Å²) in [6.07, 6.45) is 6.04. The van der Waals surface area contributed by atoms with Crippen molar-refractivity contribution in [2.75, 3.05) is 32.8 Å². The van der Waals surface area contributed by atoms with E-state index in [-0.39, 0.29) is 12.1 Å². The molecule has 1 aromatic heterocycles. The van der Waals surface area contributed by atoms with Crippen LogP contribution in [0.25, 0.3) is 0 Å². The normalized spacial score (nSPS) is 21.7. The first-order valence-electron chi connectivity index (χ1n) is 8.91. The Morgan fingerprint density at radius 1 is 1.42 bits per heavy atom. The maximum absolute atomic E-state index is 12.2.